The topological polar surface area (TPSA) is 55.8 Å². The van der Waals surface area contributed by atoms with E-state index >= 15 is 0 Å². The number of hydrogen-bond acceptors (Lipinski definition) is 4. The number of benzene rings is 3. The van der Waals surface area contributed by atoms with E-state index in [1.807, 2.05) is 60.7 Å². The summed E-state index contributed by atoms with van der Waals surface area (Å²) in [7, 11) is 0. The summed E-state index contributed by atoms with van der Waals surface area (Å²) in [5, 5.41) is 1.22. The molecule has 0 heterocycles. The normalized spacial score (nSPS) is 10.4. The molecule has 0 aromatic heterocycles. The Balaban J connectivity index is 1.87. The summed E-state index contributed by atoms with van der Waals surface area (Å²) in [6, 6.07) is 25.9. The van der Waals surface area contributed by atoms with Crippen molar-refractivity contribution in [2.75, 3.05) is 5.06 Å². The van der Waals surface area contributed by atoms with Crippen LogP contribution in [0.2, 0.25) is 0 Å². The number of carbonyl (C=O) groups is 2. The number of anilines is 1. The summed E-state index contributed by atoms with van der Waals surface area (Å²) in [4.78, 5) is 30.8. The summed E-state index contributed by atoms with van der Waals surface area (Å²) in [6.07, 6.45) is 0.392. The first-order valence-corrected chi connectivity index (χ1v) is 9.50. The van der Waals surface area contributed by atoms with Crippen molar-refractivity contribution < 1.29 is 19.2 Å². The van der Waals surface area contributed by atoms with Crippen molar-refractivity contribution >= 4 is 17.6 Å². The van der Waals surface area contributed by atoms with Crippen LogP contribution in [0.4, 0.5) is 5.69 Å². The van der Waals surface area contributed by atoms with Crippen molar-refractivity contribution in [2.24, 2.45) is 0 Å². The van der Waals surface area contributed by atoms with E-state index in [1.165, 1.54) is 5.06 Å². The lowest BCUT2D eigenvalue weighted by Gasteiger charge is -2.24. The quantitative estimate of drug-likeness (QED) is 0.318. The van der Waals surface area contributed by atoms with Crippen LogP contribution in [-0.2, 0) is 27.5 Å². The van der Waals surface area contributed by atoms with Crippen LogP contribution in [-0.4, -0.2) is 11.9 Å². The molecule has 0 N–H and O–H groups in total. The Morgan fingerprint density at radius 2 is 1.38 bits per heavy atom. The molecule has 29 heavy (non-hydrogen) atoms. The van der Waals surface area contributed by atoms with E-state index in [0.29, 0.717) is 5.69 Å². The van der Waals surface area contributed by atoms with E-state index in [2.05, 4.69) is 0 Å². The zero-order chi connectivity index (χ0) is 20.5. The molecule has 5 heteroatoms. The van der Waals surface area contributed by atoms with E-state index in [9.17, 15) is 9.59 Å². The maximum Gasteiger partial charge on any atom is 0.310 e. The first kappa shape index (κ1) is 20.3. The molecule has 0 saturated heterocycles. The zero-order valence-corrected chi connectivity index (χ0v) is 16.3. The van der Waals surface area contributed by atoms with Gasteiger partial charge in [0.05, 0.1) is 6.42 Å². The van der Waals surface area contributed by atoms with Crippen LogP contribution in [0, 0.1) is 0 Å². The van der Waals surface area contributed by atoms with Gasteiger partial charge < -0.3 is 4.74 Å². The average Bonchev–Trinajstić information content (AvgIpc) is 2.76. The van der Waals surface area contributed by atoms with Crippen LogP contribution >= 0.6 is 0 Å². The minimum atomic E-state index is -0.379. The number of esters is 1. The second kappa shape index (κ2) is 10.2. The van der Waals surface area contributed by atoms with Crippen molar-refractivity contribution in [3.05, 3.63) is 96.1 Å². The van der Waals surface area contributed by atoms with E-state index in [4.69, 9.17) is 9.57 Å². The summed E-state index contributed by atoms with van der Waals surface area (Å²) in [5.74, 6) is -0.350. The lowest BCUT2D eigenvalue weighted by Crippen LogP contribution is -2.33. The lowest BCUT2D eigenvalue weighted by atomic mass is 10.1. The van der Waals surface area contributed by atoms with Crippen molar-refractivity contribution in [1.29, 1.82) is 0 Å². The van der Waals surface area contributed by atoms with Crippen LogP contribution in [0.1, 0.15) is 24.5 Å². The van der Waals surface area contributed by atoms with E-state index in [1.54, 1.807) is 31.2 Å². The smallest absolute Gasteiger partial charge is 0.310 e. The summed E-state index contributed by atoms with van der Waals surface area (Å²) < 4.78 is 5.42. The van der Waals surface area contributed by atoms with Gasteiger partial charge in [0.15, 0.2) is 5.75 Å². The van der Waals surface area contributed by atoms with Crippen molar-refractivity contribution in [1.82, 2.24) is 0 Å². The molecule has 5 nitrogen and oxygen atoms in total. The predicted molar refractivity (Wildman–Crippen MR) is 111 cm³/mol. The van der Waals surface area contributed by atoms with Crippen LogP contribution in [0.5, 0.6) is 5.75 Å². The Labute approximate surface area is 170 Å². The first-order chi connectivity index (χ1) is 14.2. The molecule has 0 unspecified atom stereocenters. The van der Waals surface area contributed by atoms with Gasteiger partial charge in [0.1, 0.15) is 12.3 Å². The predicted octanol–water partition coefficient (Wildman–Crippen LogP) is 4.71. The van der Waals surface area contributed by atoms with Crippen LogP contribution in [0.25, 0.3) is 0 Å². The number of amides is 1. The molecule has 0 spiro atoms. The SMILES string of the molecule is CCC(=O)Oc1ccccc1N(OCc1ccccc1)C(=O)Cc1ccccc1. The molecule has 3 aromatic rings. The van der Waals surface area contributed by atoms with Crippen LogP contribution in [0.15, 0.2) is 84.9 Å². The van der Waals surface area contributed by atoms with Gasteiger partial charge in [-0.2, -0.15) is 5.06 Å². The number of ether oxygens (including phenoxy) is 1. The third kappa shape index (κ3) is 5.77. The highest BCUT2D eigenvalue weighted by Gasteiger charge is 2.22. The number of hydroxylamine groups is 1. The molecular formula is C24H23NO4. The van der Waals surface area contributed by atoms with Gasteiger partial charge in [-0.15, -0.1) is 0 Å². The average molecular weight is 389 g/mol. The highest BCUT2D eigenvalue weighted by atomic mass is 16.7. The largest absolute Gasteiger partial charge is 0.424 e. The zero-order valence-electron chi connectivity index (χ0n) is 16.3. The number of nitrogens with zero attached hydrogens (tertiary/aromatic N) is 1. The molecule has 0 aliphatic heterocycles. The fraction of sp³-hybridized carbons (Fsp3) is 0.167. The highest BCUT2D eigenvalue weighted by Crippen LogP contribution is 2.30. The highest BCUT2D eigenvalue weighted by molar-refractivity contribution is 5.94. The van der Waals surface area contributed by atoms with Gasteiger partial charge in [0.25, 0.3) is 5.91 Å². The van der Waals surface area contributed by atoms with Crippen molar-refractivity contribution in [3.8, 4) is 5.75 Å². The fourth-order valence-electron chi connectivity index (χ4n) is 2.74. The standard InChI is InChI=1S/C24H23NO4/c1-2-24(27)29-22-16-10-9-15-21(22)25(28-18-20-13-7-4-8-14-20)23(26)17-19-11-5-3-6-12-19/h3-16H,2,17-18H2,1H3. The van der Waals surface area contributed by atoms with E-state index < -0.39 is 0 Å². The van der Waals surface area contributed by atoms with Gasteiger partial charge in [-0.05, 0) is 23.3 Å². The van der Waals surface area contributed by atoms with Gasteiger partial charge in [0.2, 0.25) is 0 Å². The summed E-state index contributed by atoms with van der Waals surface area (Å²) in [5.41, 5.74) is 2.19. The van der Waals surface area contributed by atoms with Crippen LogP contribution < -0.4 is 9.80 Å². The second-order valence-electron chi connectivity index (χ2n) is 6.40. The second-order valence-corrected chi connectivity index (χ2v) is 6.40. The molecule has 1 amide bonds. The van der Waals surface area contributed by atoms with Gasteiger partial charge in [-0.3, -0.25) is 14.4 Å². The first-order valence-electron chi connectivity index (χ1n) is 9.50. The molecule has 0 bridgehead atoms. The molecule has 0 radical (unpaired) electrons. The number of rotatable bonds is 8. The van der Waals surface area contributed by atoms with Gasteiger partial charge in [-0.25, -0.2) is 0 Å². The third-order valence-electron chi connectivity index (χ3n) is 4.22. The van der Waals surface area contributed by atoms with E-state index in [0.717, 1.165) is 11.1 Å². The Morgan fingerprint density at radius 3 is 2.03 bits per heavy atom. The maximum absolute atomic E-state index is 13.1. The number of hydrogen-bond donors (Lipinski definition) is 0. The van der Waals surface area contributed by atoms with Crippen molar-refractivity contribution in [3.63, 3.8) is 0 Å². The molecule has 148 valence electrons. The molecule has 0 atom stereocenters. The number of carbonyl (C=O) groups excluding carboxylic acids is 2. The molecule has 0 fully saturated rings. The minimum Gasteiger partial charge on any atom is -0.424 e. The van der Waals surface area contributed by atoms with Gasteiger partial charge in [0, 0.05) is 6.42 Å². The minimum absolute atomic E-state index is 0.158. The Hall–Kier alpha value is -3.44. The van der Waals surface area contributed by atoms with Crippen LogP contribution in [0.3, 0.4) is 0 Å². The monoisotopic (exact) mass is 389 g/mol. The summed E-state index contributed by atoms with van der Waals surface area (Å²) >= 11 is 0. The Kier molecular flexibility index (Phi) is 7.14. The maximum atomic E-state index is 13.1. The van der Waals surface area contributed by atoms with Gasteiger partial charge >= 0.3 is 5.97 Å². The van der Waals surface area contributed by atoms with Gasteiger partial charge in [-0.1, -0.05) is 79.7 Å². The molecule has 0 aliphatic rings. The molecular weight excluding hydrogens is 366 g/mol. The Bertz CT molecular complexity index is 941. The van der Waals surface area contributed by atoms with E-state index in [-0.39, 0.29) is 37.1 Å². The van der Waals surface area contributed by atoms with Crippen molar-refractivity contribution in [2.45, 2.75) is 26.4 Å². The molecule has 3 rings (SSSR count). The Morgan fingerprint density at radius 1 is 0.793 bits per heavy atom. The third-order valence-corrected chi connectivity index (χ3v) is 4.22. The molecule has 0 aliphatic carbocycles. The number of para-hydroxylation sites is 2. The fourth-order valence-corrected chi connectivity index (χ4v) is 2.74. The summed E-state index contributed by atoms with van der Waals surface area (Å²) in [6.45, 7) is 1.92. The molecule has 3 aromatic carbocycles. The molecule has 0 saturated carbocycles. The lowest BCUT2D eigenvalue weighted by molar-refractivity contribution is -0.134.